The molecule has 1 aliphatic rings. The Morgan fingerprint density at radius 1 is 1.12 bits per heavy atom. The molecule has 3 aromatic rings. The molecule has 0 saturated carbocycles. The smallest absolute Gasteiger partial charge is 0.246 e. The number of likely N-dealkylation sites (tertiary alicyclic amines) is 1. The highest BCUT2D eigenvalue weighted by molar-refractivity contribution is 5.91. The van der Waals surface area contributed by atoms with Gasteiger partial charge in [-0.15, -0.1) is 0 Å². The Morgan fingerprint density at radius 2 is 1.91 bits per heavy atom. The molecule has 1 aliphatic heterocycles. The minimum Gasteiger partial charge on any atom is -0.497 e. The number of amides is 1. The molecule has 0 bridgehead atoms. The zero-order valence-electron chi connectivity index (χ0n) is 19.7. The van der Waals surface area contributed by atoms with Gasteiger partial charge >= 0.3 is 0 Å². The lowest BCUT2D eigenvalue weighted by Gasteiger charge is -2.31. The van der Waals surface area contributed by atoms with E-state index in [9.17, 15) is 4.79 Å². The van der Waals surface area contributed by atoms with Crippen LogP contribution in [0.25, 0.3) is 6.08 Å². The van der Waals surface area contributed by atoms with Gasteiger partial charge in [-0.05, 0) is 48.5 Å². The number of carbonyl (C=O) groups excluding carboxylic acids is 1. The van der Waals surface area contributed by atoms with E-state index in [1.807, 2.05) is 53.4 Å². The van der Waals surface area contributed by atoms with Crippen molar-refractivity contribution in [3.05, 3.63) is 83.8 Å². The second kappa shape index (κ2) is 11.5. The lowest BCUT2D eigenvalue weighted by atomic mass is 10.1. The lowest BCUT2D eigenvalue weighted by molar-refractivity contribution is -0.127. The quantitative estimate of drug-likeness (QED) is 0.440. The first kappa shape index (κ1) is 23.6. The van der Waals surface area contributed by atoms with E-state index in [4.69, 9.17) is 14.0 Å². The maximum Gasteiger partial charge on any atom is 0.246 e. The molecule has 0 radical (unpaired) electrons. The molecule has 2 heterocycles. The van der Waals surface area contributed by atoms with Gasteiger partial charge in [0.1, 0.15) is 23.9 Å². The summed E-state index contributed by atoms with van der Waals surface area (Å²) < 4.78 is 16.3. The molecule has 0 atom stereocenters. The minimum absolute atomic E-state index is 0.0337. The molecule has 0 unspecified atom stereocenters. The molecule has 0 aliphatic carbocycles. The van der Waals surface area contributed by atoms with E-state index in [0.29, 0.717) is 13.1 Å². The topological polar surface area (TPSA) is 68.0 Å². The number of benzene rings is 2. The molecule has 1 amide bonds. The van der Waals surface area contributed by atoms with Gasteiger partial charge in [0.05, 0.1) is 12.8 Å². The van der Waals surface area contributed by atoms with Crippen molar-refractivity contribution in [3.8, 4) is 11.5 Å². The lowest BCUT2D eigenvalue weighted by Crippen LogP contribution is -2.41. The molecule has 0 spiro atoms. The van der Waals surface area contributed by atoms with Crippen molar-refractivity contribution in [2.75, 3.05) is 27.2 Å². The molecule has 0 N–H and O–H groups in total. The number of hydrogen-bond donors (Lipinski definition) is 0. The van der Waals surface area contributed by atoms with Crippen molar-refractivity contribution >= 4 is 12.0 Å². The van der Waals surface area contributed by atoms with Gasteiger partial charge in [-0.25, -0.2) is 0 Å². The molecule has 1 aromatic heterocycles. The third-order valence-electron chi connectivity index (χ3n) is 5.86. The third kappa shape index (κ3) is 6.71. The predicted octanol–water partition coefficient (Wildman–Crippen LogP) is 4.40. The zero-order chi connectivity index (χ0) is 23.8. The summed E-state index contributed by atoms with van der Waals surface area (Å²) >= 11 is 0. The van der Waals surface area contributed by atoms with Crippen LogP contribution in [0.1, 0.15) is 29.7 Å². The fraction of sp³-hybridized carbons (Fsp3) is 0.333. The third-order valence-corrected chi connectivity index (χ3v) is 5.86. The van der Waals surface area contributed by atoms with Gasteiger partial charge in [-0.1, -0.05) is 29.4 Å². The normalized spacial score (nSPS) is 14.6. The van der Waals surface area contributed by atoms with Crippen LogP contribution in [0.3, 0.4) is 0 Å². The van der Waals surface area contributed by atoms with Gasteiger partial charge in [0.2, 0.25) is 5.91 Å². The molecule has 34 heavy (non-hydrogen) atoms. The van der Waals surface area contributed by atoms with E-state index in [2.05, 4.69) is 29.2 Å². The summed E-state index contributed by atoms with van der Waals surface area (Å²) in [4.78, 5) is 16.6. The fourth-order valence-electron chi connectivity index (χ4n) is 4.05. The average Bonchev–Trinajstić information content (AvgIpc) is 3.36. The van der Waals surface area contributed by atoms with Crippen LogP contribution in [-0.4, -0.2) is 54.2 Å². The van der Waals surface area contributed by atoms with Crippen LogP contribution < -0.4 is 9.47 Å². The highest BCUT2D eigenvalue weighted by Crippen LogP contribution is 2.21. The predicted molar refractivity (Wildman–Crippen MR) is 130 cm³/mol. The second-order valence-corrected chi connectivity index (χ2v) is 8.56. The van der Waals surface area contributed by atoms with Crippen LogP contribution >= 0.6 is 0 Å². The van der Waals surface area contributed by atoms with Crippen molar-refractivity contribution in [2.24, 2.45) is 0 Å². The van der Waals surface area contributed by atoms with Crippen molar-refractivity contribution in [3.63, 3.8) is 0 Å². The number of rotatable bonds is 9. The summed E-state index contributed by atoms with van der Waals surface area (Å²) in [5, 5.41) is 3.97. The number of nitrogens with zero attached hydrogens (tertiary/aromatic N) is 3. The molecule has 178 valence electrons. The maximum absolute atomic E-state index is 12.6. The van der Waals surface area contributed by atoms with Gasteiger partial charge < -0.3 is 18.9 Å². The van der Waals surface area contributed by atoms with Gasteiger partial charge in [0.15, 0.2) is 0 Å². The Kier molecular flexibility index (Phi) is 7.99. The Bertz CT molecular complexity index is 1070. The van der Waals surface area contributed by atoms with E-state index >= 15 is 0 Å². The van der Waals surface area contributed by atoms with Gasteiger partial charge in [-0.3, -0.25) is 9.69 Å². The Balaban J connectivity index is 1.23. The minimum atomic E-state index is 0.0337. The van der Waals surface area contributed by atoms with Crippen molar-refractivity contribution in [1.82, 2.24) is 15.0 Å². The van der Waals surface area contributed by atoms with Crippen LogP contribution in [0.4, 0.5) is 0 Å². The fourth-order valence-corrected chi connectivity index (χ4v) is 4.05. The zero-order valence-corrected chi connectivity index (χ0v) is 19.7. The summed E-state index contributed by atoms with van der Waals surface area (Å²) in [5.74, 6) is 1.71. The van der Waals surface area contributed by atoms with E-state index in [-0.39, 0.29) is 12.0 Å². The number of ether oxygens (including phenoxy) is 2. The Morgan fingerprint density at radius 3 is 2.62 bits per heavy atom. The van der Waals surface area contributed by atoms with E-state index < -0.39 is 0 Å². The van der Waals surface area contributed by atoms with E-state index in [0.717, 1.165) is 48.7 Å². The molecule has 1 fully saturated rings. The number of hydrogen-bond acceptors (Lipinski definition) is 6. The van der Waals surface area contributed by atoms with Crippen molar-refractivity contribution < 1.29 is 18.8 Å². The van der Waals surface area contributed by atoms with Crippen LogP contribution in [-0.2, 0) is 17.9 Å². The molecule has 2 aromatic carbocycles. The number of carbonyl (C=O) groups is 1. The van der Waals surface area contributed by atoms with Crippen molar-refractivity contribution in [1.29, 1.82) is 0 Å². The molecule has 4 rings (SSSR count). The monoisotopic (exact) mass is 461 g/mol. The van der Waals surface area contributed by atoms with E-state index in [1.165, 1.54) is 5.56 Å². The van der Waals surface area contributed by atoms with Crippen LogP contribution in [0.5, 0.6) is 11.5 Å². The summed E-state index contributed by atoms with van der Waals surface area (Å²) in [7, 11) is 3.69. The summed E-state index contributed by atoms with van der Waals surface area (Å²) in [6.45, 7) is 2.89. The van der Waals surface area contributed by atoms with E-state index in [1.54, 1.807) is 19.4 Å². The maximum atomic E-state index is 12.6. The van der Waals surface area contributed by atoms with Crippen LogP contribution in [0.2, 0.25) is 0 Å². The first-order valence-corrected chi connectivity index (χ1v) is 11.5. The van der Waals surface area contributed by atoms with Gasteiger partial charge in [0.25, 0.3) is 0 Å². The highest BCUT2D eigenvalue weighted by atomic mass is 16.5. The van der Waals surface area contributed by atoms with Gasteiger partial charge in [0, 0.05) is 51.2 Å². The first-order chi connectivity index (χ1) is 16.6. The Labute approximate surface area is 200 Å². The number of methoxy groups -OCH3 is 1. The van der Waals surface area contributed by atoms with Gasteiger partial charge in [-0.2, -0.15) is 0 Å². The molecular weight excluding hydrogens is 430 g/mol. The second-order valence-electron chi connectivity index (χ2n) is 8.56. The Hall–Kier alpha value is -3.58. The molecule has 1 saturated heterocycles. The standard InChI is InChI=1S/C27H31N3O4/c1-29(20-23-14-17-33-28-23)19-22-4-3-5-26(18-22)34-25-12-15-30(16-13-25)27(31)11-8-21-6-9-24(32-2)10-7-21/h3-11,14,17-18,25H,12-13,15-16,19-20H2,1-2H3/b11-8+. The van der Waals surface area contributed by atoms with Crippen LogP contribution in [0.15, 0.2) is 71.5 Å². The largest absolute Gasteiger partial charge is 0.497 e. The average molecular weight is 462 g/mol. The molecule has 7 nitrogen and oxygen atoms in total. The summed E-state index contributed by atoms with van der Waals surface area (Å²) in [6, 6.07) is 17.7. The number of aromatic nitrogens is 1. The van der Waals surface area contributed by atoms with Crippen LogP contribution in [0, 0.1) is 0 Å². The summed E-state index contributed by atoms with van der Waals surface area (Å²) in [5.41, 5.74) is 3.06. The SMILES string of the molecule is COc1ccc(/C=C/C(=O)N2CCC(Oc3cccc(CN(C)Cc4ccon4)c3)CC2)cc1. The molecular formula is C27H31N3O4. The molecule has 7 heteroatoms. The first-order valence-electron chi connectivity index (χ1n) is 11.5. The number of piperidine rings is 1. The summed E-state index contributed by atoms with van der Waals surface area (Å²) in [6.07, 6.45) is 6.82. The van der Waals surface area contributed by atoms with Crippen molar-refractivity contribution in [2.45, 2.75) is 32.0 Å². The highest BCUT2D eigenvalue weighted by Gasteiger charge is 2.23.